The average Bonchev–Trinajstić information content (AvgIpc) is 2.72. The number of halogens is 1. The van der Waals surface area contributed by atoms with Crippen molar-refractivity contribution in [3.63, 3.8) is 0 Å². The first-order valence-electron chi connectivity index (χ1n) is 5.94. The quantitative estimate of drug-likeness (QED) is 0.797. The molecule has 0 bridgehead atoms. The summed E-state index contributed by atoms with van der Waals surface area (Å²) in [7, 11) is 3.75. The molecular formula is C12H15ClN6. The Balaban J connectivity index is 2.26. The molecule has 1 unspecified atom stereocenters. The number of aryl methyl sites for hydroxylation is 1. The Morgan fingerprint density at radius 3 is 2.95 bits per heavy atom. The van der Waals surface area contributed by atoms with E-state index in [0.29, 0.717) is 23.9 Å². The van der Waals surface area contributed by atoms with Crippen LogP contribution in [-0.4, -0.2) is 37.7 Å². The first-order valence-corrected chi connectivity index (χ1v) is 6.32. The van der Waals surface area contributed by atoms with Gasteiger partial charge in [-0.1, -0.05) is 11.6 Å². The average molecular weight is 279 g/mol. The molecule has 0 saturated carbocycles. The summed E-state index contributed by atoms with van der Waals surface area (Å²) in [5.74, 6) is 0.633. The third kappa shape index (κ3) is 2.83. The lowest BCUT2D eigenvalue weighted by Gasteiger charge is -2.21. The monoisotopic (exact) mass is 278 g/mol. The van der Waals surface area contributed by atoms with Gasteiger partial charge in [0.05, 0.1) is 30.6 Å². The van der Waals surface area contributed by atoms with Gasteiger partial charge in [0.15, 0.2) is 5.65 Å². The van der Waals surface area contributed by atoms with Gasteiger partial charge in [-0.2, -0.15) is 10.4 Å². The Morgan fingerprint density at radius 2 is 2.26 bits per heavy atom. The molecule has 100 valence electrons. The molecule has 2 aromatic heterocycles. The van der Waals surface area contributed by atoms with E-state index in [0.717, 1.165) is 11.0 Å². The normalized spacial score (nSPS) is 12.8. The van der Waals surface area contributed by atoms with E-state index in [9.17, 15) is 0 Å². The Bertz CT molecular complexity index is 629. The SMILES string of the molecule is CC(CC#N)N(C)Cc1nc(Cl)c2cnn(C)c2n1. The molecule has 2 heterocycles. The van der Waals surface area contributed by atoms with E-state index in [1.54, 1.807) is 10.9 Å². The van der Waals surface area contributed by atoms with Gasteiger partial charge in [0.2, 0.25) is 0 Å². The number of rotatable bonds is 4. The lowest BCUT2D eigenvalue weighted by Crippen LogP contribution is -2.29. The van der Waals surface area contributed by atoms with E-state index in [1.807, 2.05) is 25.9 Å². The highest BCUT2D eigenvalue weighted by molar-refractivity contribution is 6.33. The van der Waals surface area contributed by atoms with Crippen molar-refractivity contribution in [2.75, 3.05) is 7.05 Å². The van der Waals surface area contributed by atoms with E-state index >= 15 is 0 Å². The van der Waals surface area contributed by atoms with Crippen LogP contribution in [0.1, 0.15) is 19.2 Å². The Hall–Kier alpha value is -1.71. The van der Waals surface area contributed by atoms with Gasteiger partial charge in [0, 0.05) is 13.1 Å². The topological polar surface area (TPSA) is 70.6 Å². The van der Waals surface area contributed by atoms with E-state index in [2.05, 4.69) is 21.1 Å². The summed E-state index contributed by atoms with van der Waals surface area (Å²) in [5, 5.41) is 14.0. The van der Waals surface area contributed by atoms with Crippen LogP contribution >= 0.6 is 11.6 Å². The maximum Gasteiger partial charge on any atom is 0.162 e. The Kier molecular flexibility index (Phi) is 3.98. The second-order valence-electron chi connectivity index (χ2n) is 4.56. The maximum absolute atomic E-state index is 8.71. The van der Waals surface area contributed by atoms with Crippen molar-refractivity contribution >= 4 is 22.6 Å². The van der Waals surface area contributed by atoms with Gasteiger partial charge in [-0.15, -0.1) is 0 Å². The van der Waals surface area contributed by atoms with Crippen molar-refractivity contribution in [2.45, 2.75) is 25.9 Å². The minimum atomic E-state index is 0.148. The van der Waals surface area contributed by atoms with Crippen LogP contribution < -0.4 is 0 Å². The minimum absolute atomic E-state index is 0.148. The van der Waals surface area contributed by atoms with Crippen molar-refractivity contribution < 1.29 is 0 Å². The second kappa shape index (κ2) is 5.51. The van der Waals surface area contributed by atoms with Crippen LogP contribution in [0, 0.1) is 11.3 Å². The number of hydrogen-bond donors (Lipinski definition) is 0. The maximum atomic E-state index is 8.71. The van der Waals surface area contributed by atoms with Crippen molar-refractivity contribution in [3.05, 3.63) is 17.2 Å². The minimum Gasteiger partial charge on any atom is -0.295 e. The van der Waals surface area contributed by atoms with Crippen LogP contribution in [0.15, 0.2) is 6.20 Å². The molecule has 2 aromatic rings. The standard InChI is InChI=1S/C12H15ClN6/c1-8(4-5-14)18(2)7-10-16-11(13)9-6-15-19(3)12(9)17-10/h6,8H,4,7H2,1-3H3. The fraction of sp³-hybridized carbons (Fsp3) is 0.500. The van der Waals surface area contributed by atoms with Gasteiger partial charge in [-0.3, -0.25) is 9.58 Å². The molecule has 0 aromatic carbocycles. The molecule has 0 saturated heterocycles. The van der Waals surface area contributed by atoms with E-state index in [4.69, 9.17) is 16.9 Å². The predicted molar refractivity (Wildman–Crippen MR) is 72.5 cm³/mol. The zero-order chi connectivity index (χ0) is 14.0. The summed E-state index contributed by atoms with van der Waals surface area (Å²) >= 11 is 6.12. The number of hydrogen-bond acceptors (Lipinski definition) is 5. The smallest absolute Gasteiger partial charge is 0.162 e. The molecule has 0 fully saturated rings. The highest BCUT2D eigenvalue weighted by atomic mass is 35.5. The third-order valence-corrected chi connectivity index (χ3v) is 3.41. The lowest BCUT2D eigenvalue weighted by molar-refractivity contribution is 0.246. The molecule has 0 aliphatic rings. The number of fused-ring (bicyclic) bond motifs is 1. The summed E-state index contributed by atoms with van der Waals surface area (Å²) in [6.07, 6.45) is 2.13. The molecule has 0 amide bonds. The van der Waals surface area contributed by atoms with Gasteiger partial charge < -0.3 is 0 Å². The van der Waals surface area contributed by atoms with Crippen molar-refractivity contribution in [1.82, 2.24) is 24.6 Å². The summed E-state index contributed by atoms with van der Waals surface area (Å²) in [5.41, 5.74) is 0.719. The largest absolute Gasteiger partial charge is 0.295 e. The summed E-state index contributed by atoms with van der Waals surface area (Å²) in [4.78, 5) is 10.8. The molecule has 7 heteroatoms. The zero-order valence-electron chi connectivity index (χ0n) is 11.1. The molecule has 0 aliphatic heterocycles. The van der Waals surface area contributed by atoms with Gasteiger partial charge in [0.1, 0.15) is 11.0 Å². The molecule has 0 N–H and O–H groups in total. The van der Waals surface area contributed by atoms with Crippen molar-refractivity contribution in [1.29, 1.82) is 5.26 Å². The lowest BCUT2D eigenvalue weighted by atomic mass is 10.2. The Morgan fingerprint density at radius 1 is 1.53 bits per heavy atom. The van der Waals surface area contributed by atoms with Crippen molar-refractivity contribution in [2.24, 2.45) is 7.05 Å². The zero-order valence-corrected chi connectivity index (χ0v) is 11.9. The molecule has 0 aliphatic carbocycles. The van der Waals surface area contributed by atoms with Gasteiger partial charge >= 0.3 is 0 Å². The van der Waals surface area contributed by atoms with E-state index < -0.39 is 0 Å². The van der Waals surface area contributed by atoms with Crippen molar-refractivity contribution in [3.8, 4) is 6.07 Å². The number of nitrogens with zero attached hydrogens (tertiary/aromatic N) is 6. The number of nitriles is 1. The van der Waals surface area contributed by atoms with Crippen LogP contribution in [0.5, 0.6) is 0 Å². The van der Waals surface area contributed by atoms with Crippen LogP contribution in [-0.2, 0) is 13.6 Å². The summed E-state index contributed by atoms with van der Waals surface area (Å²) in [6.45, 7) is 2.54. The highest BCUT2D eigenvalue weighted by Crippen LogP contribution is 2.19. The van der Waals surface area contributed by atoms with Gasteiger partial charge in [-0.25, -0.2) is 9.97 Å². The molecule has 6 nitrogen and oxygen atoms in total. The summed E-state index contributed by atoms with van der Waals surface area (Å²) in [6, 6.07) is 2.31. The Labute approximate surface area is 116 Å². The second-order valence-corrected chi connectivity index (χ2v) is 4.92. The van der Waals surface area contributed by atoms with E-state index in [1.165, 1.54) is 0 Å². The van der Waals surface area contributed by atoms with Gasteiger partial charge in [0.25, 0.3) is 0 Å². The molecular weight excluding hydrogens is 264 g/mol. The summed E-state index contributed by atoms with van der Waals surface area (Å²) < 4.78 is 1.67. The third-order valence-electron chi connectivity index (χ3n) is 3.12. The molecule has 2 rings (SSSR count). The van der Waals surface area contributed by atoms with Crippen LogP contribution in [0.3, 0.4) is 0 Å². The molecule has 0 spiro atoms. The molecule has 0 radical (unpaired) electrons. The first kappa shape index (κ1) is 13.7. The predicted octanol–water partition coefficient (Wildman–Crippen LogP) is 1.75. The molecule has 1 atom stereocenters. The number of aromatic nitrogens is 4. The van der Waals surface area contributed by atoms with Gasteiger partial charge in [-0.05, 0) is 14.0 Å². The first-order chi connectivity index (χ1) is 9.02. The fourth-order valence-electron chi connectivity index (χ4n) is 1.77. The van der Waals surface area contributed by atoms with Crippen LogP contribution in [0.25, 0.3) is 11.0 Å². The highest BCUT2D eigenvalue weighted by Gasteiger charge is 2.14. The van der Waals surface area contributed by atoms with Crippen LogP contribution in [0.2, 0.25) is 5.15 Å². The van der Waals surface area contributed by atoms with Crippen LogP contribution in [0.4, 0.5) is 0 Å². The molecule has 19 heavy (non-hydrogen) atoms. The fourth-order valence-corrected chi connectivity index (χ4v) is 2.00. The van der Waals surface area contributed by atoms with E-state index in [-0.39, 0.29) is 6.04 Å².